The van der Waals surface area contributed by atoms with Crippen LogP contribution in [0.5, 0.6) is 0 Å². The number of aromatic nitrogens is 6. The van der Waals surface area contributed by atoms with Gasteiger partial charge < -0.3 is 9.97 Å². The van der Waals surface area contributed by atoms with Crippen LogP contribution in [0.1, 0.15) is 0 Å². The second kappa shape index (κ2) is 6.46. The summed E-state index contributed by atoms with van der Waals surface area (Å²) in [5, 5.41) is 2.02. The second-order valence-electron chi connectivity index (χ2n) is 7.79. The van der Waals surface area contributed by atoms with Gasteiger partial charge in [0.05, 0.1) is 33.1 Å². The number of hydrogen-bond donors (Lipinski definition) is 2. The Balaban J connectivity index is 1.38. The van der Waals surface area contributed by atoms with Crippen molar-refractivity contribution in [1.82, 2.24) is 29.9 Å². The Bertz CT molecular complexity index is 1670. The molecule has 4 heterocycles. The third-order valence-electron chi connectivity index (χ3n) is 5.89. The molecule has 0 spiro atoms. The minimum absolute atomic E-state index is 0.817. The zero-order valence-corrected chi connectivity index (χ0v) is 16.9. The smallest absolute Gasteiger partial charge is 0.138 e. The molecule has 0 fully saturated rings. The molecule has 3 aromatic carbocycles. The first-order valence-corrected chi connectivity index (χ1v) is 10.4. The van der Waals surface area contributed by atoms with Crippen LogP contribution in [0, 0.1) is 0 Å². The molecule has 0 unspecified atom stereocenters. The fraction of sp³-hybridized carbons (Fsp3) is 0. The van der Waals surface area contributed by atoms with Gasteiger partial charge in [-0.3, -0.25) is 9.97 Å². The molecular formula is C26H16N6. The lowest BCUT2D eigenvalue weighted by molar-refractivity contribution is 1.32. The van der Waals surface area contributed by atoms with Gasteiger partial charge in [-0.1, -0.05) is 36.4 Å². The van der Waals surface area contributed by atoms with Crippen LogP contribution in [0.15, 0.2) is 85.2 Å². The van der Waals surface area contributed by atoms with E-state index in [0.29, 0.717) is 0 Å². The van der Waals surface area contributed by atoms with Crippen LogP contribution in [-0.4, -0.2) is 29.9 Å². The third-order valence-corrected chi connectivity index (χ3v) is 5.89. The van der Waals surface area contributed by atoms with Crippen molar-refractivity contribution in [2.75, 3.05) is 0 Å². The molecule has 0 atom stereocenters. The summed E-state index contributed by atoms with van der Waals surface area (Å²) < 4.78 is 0. The van der Waals surface area contributed by atoms with Crippen LogP contribution in [-0.2, 0) is 0 Å². The second-order valence-corrected chi connectivity index (χ2v) is 7.79. The summed E-state index contributed by atoms with van der Waals surface area (Å²) in [5.41, 5.74) is 7.67. The largest absolute Gasteiger partial charge is 0.338 e. The van der Waals surface area contributed by atoms with Gasteiger partial charge in [0, 0.05) is 34.3 Å². The number of fused-ring (bicyclic) bond motifs is 7. The van der Waals surface area contributed by atoms with E-state index in [-0.39, 0.29) is 0 Å². The zero-order chi connectivity index (χ0) is 21.1. The Morgan fingerprint density at radius 3 is 1.94 bits per heavy atom. The topological polar surface area (TPSA) is 83.1 Å². The van der Waals surface area contributed by atoms with Gasteiger partial charge >= 0.3 is 0 Å². The van der Waals surface area contributed by atoms with Gasteiger partial charge in [0.2, 0.25) is 0 Å². The van der Waals surface area contributed by atoms with Crippen molar-refractivity contribution in [2.45, 2.75) is 0 Å². The number of pyridine rings is 2. The predicted molar refractivity (Wildman–Crippen MR) is 127 cm³/mol. The van der Waals surface area contributed by atoms with Gasteiger partial charge in [-0.15, -0.1) is 0 Å². The summed E-state index contributed by atoms with van der Waals surface area (Å²) >= 11 is 0. The molecule has 7 rings (SSSR count). The van der Waals surface area contributed by atoms with Crippen molar-refractivity contribution < 1.29 is 0 Å². The molecule has 4 aromatic heterocycles. The Morgan fingerprint density at radius 2 is 1.19 bits per heavy atom. The van der Waals surface area contributed by atoms with E-state index in [1.54, 1.807) is 12.4 Å². The van der Waals surface area contributed by atoms with E-state index in [1.807, 2.05) is 42.5 Å². The molecule has 0 radical (unpaired) electrons. The maximum absolute atomic E-state index is 4.95. The summed E-state index contributed by atoms with van der Waals surface area (Å²) in [6, 6.07) is 24.3. The molecule has 0 aliphatic heterocycles. The van der Waals surface area contributed by atoms with Gasteiger partial charge in [-0.2, -0.15) is 0 Å². The average molecular weight is 412 g/mol. The Kier molecular flexibility index (Phi) is 3.46. The Labute approximate surface area is 182 Å². The normalized spacial score (nSPS) is 11.8. The molecule has 0 bridgehead atoms. The molecule has 0 saturated heterocycles. The number of nitrogens with zero attached hydrogens (tertiary/aromatic N) is 4. The fourth-order valence-corrected chi connectivity index (χ4v) is 4.36. The number of nitrogens with one attached hydrogen (secondary N) is 2. The number of H-pyrrole nitrogens is 2. The summed E-state index contributed by atoms with van der Waals surface area (Å²) in [5.74, 6) is 1.68. The first kappa shape index (κ1) is 17.1. The van der Waals surface area contributed by atoms with E-state index in [4.69, 9.17) is 9.97 Å². The van der Waals surface area contributed by atoms with E-state index in [2.05, 4.69) is 50.3 Å². The standard InChI is InChI=1S/C26H16N6/c1-2-8-20-19(7-1)29-25(30-20)15-9-11-16(12-10-15)26-31-23-17-5-3-13-27-21(17)22-18(24(23)32-26)6-4-14-28-22/h1-14H,(H,29,30)(H,31,32). The van der Waals surface area contributed by atoms with E-state index < -0.39 is 0 Å². The fourth-order valence-electron chi connectivity index (χ4n) is 4.36. The highest BCUT2D eigenvalue weighted by Gasteiger charge is 2.15. The van der Waals surface area contributed by atoms with Gasteiger partial charge in [-0.25, -0.2) is 9.97 Å². The highest BCUT2D eigenvalue weighted by molar-refractivity contribution is 6.21. The number of para-hydroxylation sites is 2. The number of hydrogen-bond acceptors (Lipinski definition) is 4. The van der Waals surface area contributed by atoms with Gasteiger partial charge in [0.25, 0.3) is 0 Å². The van der Waals surface area contributed by atoms with Crippen molar-refractivity contribution in [2.24, 2.45) is 0 Å². The zero-order valence-electron chi connectivity index (χ0n) is 16.9. The van der Waals surface area contributed by atoms with Crippen molar-refractivity contribution in [3.8, 4) is 22.8 Å². The molecule has 6 heteroatoms. The predicted octanol–water partition coefficient (Wildman–Crippen LogP) is 5.87. The molecule has 0 aliphatic rings. The van der Waals surface area contributed by atoms with Crippen LogP contribution in [0.4, 0.5) is 0 Å². The lowest BCUT2D eigenvalue weighted by Gasteiger charge is -2.03. The number of aromatic amines is 2. The monoisotopic (exact) mass is 412 g/mol. The first-order valence-electron chi connectivity index (χ1n) is 10.4. The van der Waals surface area contributed by atoms with Gasteiger partial charge in [0.1, 0.15) is 11.6 Å². The summed E-state index contributed by atoms with van der Waals surface area (Å²) in [4.78, 5) is 25.7. The molecule has 0 saturated carbocycles. The summed E-state index contributed by atoms with van der Waals surface area (Å²) in [7, 11) is 0. The van der Waals surface area contributed by atoms with Crippen LogP contribution in [0.3, 0.4) is 0 Å². The third kappa shape index (κ3) is 2.46. The molecule has 150 valence electrons. The lowest BCUT2D eigenvalue weighted by atomic mass is 10.1. The van der Waals surface area contributed by atoms with Crippen molar-refractivity contribution in [1.29, 1.82) is 0 Å². The van der Waals surface area contributed by atoms with Gasteiger partial charge in [0.15, 0.2) is 0 Å². The maximum Gasteiger partial charge on any atom is 0.138 e. The minimum atomic E-state index is 0.817. The number of benzene rings is 3. The Hall–Kier alpha value is -4.58. The molecule has 2 N–H and O–H groups in total. The van der Waals surface area contributed by atoms with Crippen LogP contribution in [0.2, 0.25) is 0 Å². The summed E-state index contributed by atoms with van der Waals surface area (Å²) in [6.45, 7) is 0. The van der Waals surface area contributed by atoms with Crippen LogP contribution in [0.25, 0.3) is 66.6 Å². The van der Waals surface area contributed by atoms with E-state index in [9.17, 15) is 0 Å². The van der Waals surface area contributed by atoms with Crippen molar-refractivity contribution >= 4 is 43.9 Å². The van der Waals surface area contributed by atoms with E-state index >= 15 is 0 Å². The van der Waals surface area contributed by atoms with Crippen LogP contribution >= 0.6 is 0 Å². The highest BCUT2D eigenvalue weighted by Crippen LogP contribution is 2.33. The van der Waals surface area contributed by atoms with Gasteiger partial charge in [-0.05, 0) is 36.4 Å². The maximum atomic E-state index is 4.95. The highest BCUT2D eigenvalue weighted by atomic mass is 14.9. The number of rotatable bonds is 2. The quantitative estimate of drug-likeness (QED) is 0.348. The average Bonchev–Trinajstić information content (AvgIpc) is 3.50. The molecule has 7 aromatic rings. The van der Waals surface area contributed by atoms with Crippen molar-refractivity contribution in [3.05, 3.63) is 85.2 Å². The van der Waals surface area contributed by atoms with E-state index in [1.165, 1.54) is 0 Å². The molecule has 0 aliphatic carbocycles. The van der Waals surface area contributed by atoms with Crippen molar-refractivity contribution in [3.63, 3.8) is 0 Å². The first-order chi connectivity index (χ1) is 15.8. The SMILES string of the molecule is c1ccc2[nH]c(-c3ccc(-c4nc5c6cccnc6c6ncccc6c5[nH]4)cc3)nc2c1. The number of imidazole rings is 2. The van der Waals surface area contributed by atoms with E-state index in [0.717, 1.165) is 66.6 Å². The molecule has 0 amide bonds. The summed E-state index contributed by atoms with van der Waals surface area (Å²) in [6.07, 6.45) is 3.60. The molecule has 32 heavy (non-hydrogen) atoms. The molecule has 6 nitrogen and oxygen atoms in total. The Morgan fingerprint density at radius 1 is 0.531 bits per heavy atom. The minimum Gasteiger partial charge on any atom is -0.338 e. The molecular weight excluding hydrogens is 396 g/mol. The van der Waals surface area contributed by atoms with Crippen LogP contribution < -0.4 is 0 Å². The lowest BCUT2D eigenvalue weighted by Crippen LogP contribution is -1.86.